The van der Waals surface area contributed by atoms with Crippen LogP contribution in [0.1, 0.15) is 76.2 Å². The zero-order valence-electron chi connectivity index (χ0n) is 23.7. The number of carbonyl (C=O) groups is 2. The average Bonchev–Trinajstić information content (AvgIpc) is 3.22. The van der Waals surface area contributed by atoms with Gasteiger partial charge in [0.25, 0.3) is 5.91 Å². The van der Waals surface area contributed by atoms with E-state index in [0.29, 0.717) is 31.9 Å². The second-order valence-electron chi connectivity index (χ2n) is 11.4. The number of hydrogen-bond acceptors (Lipinski definition) is 7. The summed E-state index contributed by atoms with van der Waals surface area (Å²) in [6.45, 7) is 2.96. The predicted octanol–water partition coefficient (Wildman–Crippen LogP) is 4.47. The standard InChI is InChI=1S/C31H44FN3O5/c1-21-17-23(32)10-14-29(21)40-25-12-8-22(9-13-25)7-11-24(37)18-34-28-6-4-2-3-5-27(28)30(33)31(38)35-15-16-39-26(19-35)20-36/h10,14,17,22,25-26,33-34,36H,2-9,11-13,15-16,18-20H2,1H3/t22?,25?,26-/m1/s1. The molecule has 0 spiro atoms. The van der Waals surface area contributed by atoms with E-state index < -0.39 is 6.10 Å². The molecule has 3 aliphatic rings. The Morgan fingerprint density at radius 3 is 2.70 bits per heavy atom. The summed E-state index contributed by atoms with van der Waals surface area (Å²) in [5, 5.41) is 21.4. The Hall–Kier alpha value is -2.78. The van der Waals surface area contributed by atoms with Crippen molar-refractivity contribution in [3.8, 4) is 5.75 Å². The van der Waals surface area contributed by atoms with E-state index >= 15 is 0 Å². The third-order valence-corrected chi connectivity index (χ3v) is 8.42. The van der Waals surface area contributed by atoms with Crippen molar-refractivity contribution >= 4 is 17.4 Å². The molecule has 40 heavy (non-hydrogen) atoms. The van der Waals surface area contributed by atoms with E-state index in [1.165, 1.54) is 12.1 Å². The van der Waals surface area contributed by atoms with Gasteiger partial charge in [-0.2, -0.15) is 0 Å². The van der Waals surface area contributed by atoms with Gasteiger partial charge < -0.3 is 24.8 Å². The topological polar surface area (TPSA) is 112 Å². The Morgan fingerprint density at radius 2 is 1.95 bits per heavy atom. The Labute approximate surface area is 236 Å². The number of morpholine rings is 1. The zero-order chi connectivity index (χ0) is 28.5. The third-order valence-electron chi connectivity index (χ3n) is 8.42. The summed E-state index contributed by atoms with van der Waals surface area (Å²) in [6, 6.07) is 4.62. The fourth-order valence-electron chi connectivity index (χ4n) is 5.98. The fourth-order valence-corrected chi connectivity index (χ4v) is 5.98. The van der Waals surface area contributed by atoms with Crippen LogP contribution in [0.2, 0.25) is 0 Å². The van der Waals surface area contributed by atoms with Crippen molar-refractivity contribution in [1.29, 1.82) is 5.41 Å². The van der Waals surface area contributed by atoms with Gasteiger partial charge in [0.15, 0.2) is 5.78 Å². The number of allylic oxidation sites excluding steroid dienone is 1. The van der Waals surface area contributed by atoms with Crippen molar-refractivity contribution in [3.05, 3.63) is 40.8 Å². The summed E-state index contributed by atoms with van der Waals surface area (Å²) >= 11 is 0. The maximum absolute atomic E-state index is 13.4. The lowest BCUT2D eigenvalue weighted by molar-refractivity contribution is -0.133. The Balaban J connectivity index is 1.23. The molecule has 1 saturated carbocycles. The molecule has 1 aromatic rings. The fraction of sp³-hybridized carbons (Fsp3) is 0.645. The largest absolute Gasteiger partial charge is 0.490 e. The number of rotatable bonds is 11. The number of aliphatic hydroxyl groups excluding tert-OH is 1. The highest BCUT2D eigenvalue weighted by Gasteiger charge is 2.29. The smallest absolute Gasteiger partial charge is 0.272 e. The van der Waals surface area contributed by atoms with Gasteiger partial charge in [0.05, 0.1) is 32.0 Å². The molecule has 4 rings (SSSR count). The first-order chi connectivity index (χ1) is 19.3. The lowest BCUT2D eigenvalue weighted by Crippen LogP contribution is -2.49. The second kappa shape index (κ2) is 14.7. The number of halogens is 1. The van der Waals surface area contributed by atoms with E-state index in [1.807, 2.05) is 6.92 Å². The van der Waals surface area contributed by atoms with Gasteiger partial charge in [-0.1, -0.05) is 6.42 Å². The third kappa shape index (κ3) is 8.36. The minimum absolute atomic E-state index is 0.00903. The van der Waals surface area contributed by atoms with E-state index in [2.05, 4.69) is 5.32 Å². The van der Waals surface area contributed by atoms with Crippen LogP contribution in [0.4, 0.5) is 4.39 Å². The minimum atomic E-state index is -0.412. The number of ketones is 1. The monoisotopic (exact) mass is 557 g/mol. The molecule has 1 atom stereocenters. The number of nitrogens with zero attached hydrogens (tertiary/aromatic N) is 1. The molecular weight excluding hydrogens is 513 g/mol. The van der Waals surface area contributed by atoms with Gasteiger partial charge in [-0.05, 0) is 94.4 Å². The van der Waals surface area contributed by atoms with Gasteiger partial charge in [-0.3, -0.25) is 15.0 Å². The van der Waals surface area contributed by atoms with E-state index in [9.17, 15) is 19.1 Å². The van der Waals surface area contributed by atoms with E-state index in [4.69, 9.17) is 14.9 Å². The normalized spacial score (nSPS) is 23.9. The molecule has 9 heteroatoms. The van der Waals surface area contributed by atoms with Crippen molar-refractivity contribution in [2.75, 3.05) is 32.8 Å². The van der Waals surface area contributed by atoms with Crippen molar-refractivity contribution in [1.82, 2.24) is 10.2 Å². The summed E-state index contributed by atoms with van der Waals surface area (Å²) in [4.78, 5) is 27.5. The Bertz CT molecular complexity index is 1080. The number of aryl methyl sites for hydroxylation is 1. The first-order valence-corrected chi connectivity index (χ1v) is 14.8. The maximum atomic E-state index is 13.4. The molecule has 2 fully saturated rings. The summed E-state index contributed by atoms with van der Waals surface area (Å²) in [6.07, 6.45) is 9.27. The molecule has 1 aromatic carbocycles. The Morgan fingerprint density at radius 1 is 1.18 bits per heavy atom. The van der Waals surface area contributed by atoms with Crippen LogP contribution in [-0.2, 0) is 14.3 Å². The van der Waals surface area contributed by atoms with E-state index in [0.717, 1.165) is 80.4 Å². The molecule has 0 aromatic heterocycles. The van der Waals surface area contributed by atoms with Crippen LogP contribution in [0, 0.1) is 24.1 Å². The molecule has 220 valence electrons. The van der Waals surface area contributed by atoms with E-state index in [1.54, 1.807) is 11.0 Å². The van der Waals surface area contributed by atoms with Gasteiger partial charge in [-0.25, -0.2) is 4.39 Å². The minimum Gasteiger partial charge on any atom is -0.490 e. The number of hydrogen-bond donors (Lipinski definition) is 3. The molecule has 2 aliphatic carbocycles. The van der Waals surface area contributed by atoms with Gasteiger partial charge in [0.1, 0.15) is 17.3 Å². The van der Waals surface area contributed by atoms with Gasteiger partial charge in [-0.15, -0.1) is 0 Å². The number of benzene rings is 1. The summed E-state index contributed by atoms with van der Waals surface area (Å²) in [5.74, 6) is 0.794. The van der Waals surface area contributed by atoms with Gasteiger partial charge in [0, 0.05) is 30.8 Å². The van der Waals surface area contributed by atoms with Crippen molar-refractivity contribution in [3.63, 3.8) is 0 Å². The van der Waals surface area contributed by atoms with Crippen LogP contribution in [-0.4, -0.2) is 72.5 Å². The highest BCUT2D eigenvalue weighted by molar-refractivity contribution is 6.44. The average molecular weight is 558 g/mol. The molecule has 0 bridgehead atoms. The molecule has 1 saturated heterocycles. The maximum Gasteiger partial charge on any atom is 0.272 e. The molecule has 0 radical (unpaired) electrons. The highest BCUT2D eigenvalue weighted by Crippen LogP contribution is 2.31. The van der Waals surface area contributed by atoms with Crippen LogP contribution in [0.5, 0.6) is 5.75 Å². The highest BCUT2D eigenvalue weighted by atomic mass is 19.1. The number of carbonyl (C=O) groups excluding carboxylic acids is 2. The molecule has 1 aliphatic heterocycles. The first-order valence-electron chi connectivity index (χ1n) is 14.8. The Kier molecular flexibility index (Phi) is 11.1. The number of ether oxygens (including phenoxy) is 2. The molecule has 3 N–H and O–H groups in total. The summed E-state index contributed by atoms with van der Waals surface area (Å²) in [5.41, 5.74) is 2.37. The van der Waals surface area contributed by atoms with Crippen molar-refractivity contribution in [2.45, 2.75) is 89.8 Å². The number of aliphatic hydroxyl groups is 1. The molecule has 1 heterocycles. The zero-order valence-corrected chi connectivity index (χ0v) is 23.7. The van der Waals surface area contributed by atoms with Crippen LogP contribution in [0.3, 0.4) is 0 Å². The second-order valence-corrected chi connectivity index (χ2v) is 11.4. The number of amides is 1. The molecule has 0 unspecified atom stereocenters. The predicted molar refractivity (Wildman–Crippen MR) is 151 cm³/mol. The number of nitrogens with one attached hydrogen (secondary N) is 2. The quantitative estimate of drug-likeness (QED) is 0.346. The molecule has 8 nitrogen and oxygen atoms in total. The van der Waals surface area contributed by atoms with Gasteiger partial charge >= 0.3 is 0 Å². The van der Waals surface area contributed by atoms with Gasteiger partial charge in [0.2, 0.25) is 0 Å². The first kappa shape index (κ1) is 30.2. The van der Waals surface area contributed by atoms with E-state index in [-0.39, 0.29) is 49.0 Å². The summed E-state index contributed by atoms with van der Waals surface area (Å²) in [7, 11) is 0. The van der Waals surface area contributed by atoms with Crippen LogP contribution < -0.4 is 10.1 Å². The lowest BCUT2D eigenvalue weighted by atomic mass is 9.84. The van der Waals surface area contributed by atoms with Crippen LogP contribution >= 0.6 is 0 Å². The van der Waals surface area contributed by atoms with Crippen LogP contribution in [0.25, 0.3) is 0 Å². The van der Waals surface area contributed by atoms with Crippen LogP contribution in [0.15, 0.2) is 29.5 Å². The van der Waals surface area contributed by atoms with Crippen molar-refractivity contribution < 1.29 is 28.6 Å². The number of Topliss-reactive ketones (excluding diaryl/α,β-unsaturated/α-hetero) is 1. The molecular formula is C31H44FN3O5. The summed E-state index contributed by atoms with van der Waals surface area (Å²) < 4.78 is 24.9. The lowest BCUT2D eigenvalue weighted by Gasteiger charge is -2.32. The SMILES string of the molecule is Cc1cc(F)ccc1OC1CCC(CCC(=O)CNC2=C(C(=N)C(=O)N3CCO[C@@H](CO)C3)CCCCC2)CC1. The molecule has 1 amide bonds. The van der Waals surface area contributed by atoms with Crippen molar-refractivity contribution in [2.24, 2.45) is 5.92 Å².